The molecule has 2 N–H and O–H groups in total. The molecule has 0 saturated heterocycles. The van der Waals surface area contributed by atoms with Crippen molar-refractivity contribution in [3.8, 4) is 23.0 Å². The van der Waals surface area contributed by atoms with Crippen LogP contribution in [0.1, 0.15) is 12.8 Å². The van der Waals surface area contributed by atoms with Crippen LogP contribution in [-0.4, -0.2) is 17.9 Å². The number of hydrogen-bond donors (Lipinski definition) is 1. The summed E-state index contributed by atoms with van der Waals surface area (Å²) in [5.41, 5.74) is 0.530. The summed E-state index contributed by atoms with van der Waals surface area (Å²) in [5, 5.41) is 2.27. The van der Waals surface area contributed by atoms with E-state index in [0.29, 0.717) is 17.6 Å². The average Bonchev–Trinajstić information content (AvgIpc) is 3.05. The lowest BCUT2D eigenvalue weighted by Gasteiger charge is -2.33. The maximum Gasteiger partial charge on any atom is 0.366 e. The fourth-order valence-corrected chi connectivity index (χ4v) is 2.88. The predicted molar refractivity (Wildman–Crippen MR) is 90.4 cm³/mol. The topological polar surface area (TPSA) is 78.6 Å². The summed E-state index contributed by atoms with van der Waals surface area (Å²) in [4.78, 5) is 14.2. The first kappa shape index (κ1) is 18.1. The fraction of sp³-hybridized carbons (Fsp3) is 0.263. The summed E-state index contributed by atoms with van der Waals surface area (Å²) in [6.45, 7) is 0.721. The van der Waals surface area contributed by atoms with E-state index in [0.717, 1.165) is 30.8 Å². The molecule has 0 radical (unpaired) electrons. The van der Waals surface area contributed by atoms with E-state index in [2.05, 4.69) is 10.1 Å². The van der Waals surface area contributed by atoms with Crippen molar-refractivity contribution in [3.63, 3.8) is 0 Å². The second-order valence-corrected chi connectivity index (χ2v) is 6.22. The number of aromatic nitrogens is 2. The van der Waals surface area contributed by atoms with Gasteiger partial charge in [0.15, 0.2) is 12.0 Å². The Balaban J connectivity index is 0.00000196. The Labute approximate surface area is 156 Å². The molecule has 6 nitrogen and oxygen atoms in total. The summed E-state index contributed by atoms with van der Waals surface area (Å²) in [6.07, 6.45) is 3.93. The number of benzene rings is 1. The van der Waals surface area contributed by atoms with Crippen LogP contribution in [0.15, 0.2) is 64.0 Å². The number of pyridine rings is 1. The van der Waals surface area contributed by atoms with Gasteiger partial charge < -0.3 is 26.4 Å². The molecule has 0 aliphatic heterocycles. The number of rotatable bonds is 6. The molecule has 3 aromatic rings. The van der Waals surface area contributed by atoms with Gasteiger partial charge in [-0.05, 0) is 37.0 Å². The van der Waals surface area contributed by atoms with E-state index in [4.69, 9.17) is 14.0 Å². The van der Waals surface area contributed by atoms with Crippen LogP contribution in [0.2, 0.25) is 0 Å². The van der Waals surface area contributed by atoms with Gasteiger partial charge in [0.1, 0.15) is 11.9 Å². The molecule has 1 aliphatic rings. The van der Waals surface area contributed by atoms with Gasteiger partial charge in [-0.15, -0.1) is 0 Å². The largest absolute Gasteiger partial charge is 1.00 e. The Hall–Kier alpha value is -2.73. The van der Waals surface area contributed by atoms with Crippen molar-refractivity contribution < 1.29 is 31.4 Å². The van der Waals surface area contributed by atoms with Gasteiger partial charge in [0, 0.05) is 0 Å². The number of halogens is 1. The van der Waals surface area contributed by atoms with Gasteiger partial charge >= 0.3 is 5.88 Å². The van der Waals surface area contributed by atoms with Gasteiger partial charge in [-0.2, -0.15) is 10.1 Å². The van der Waals surface area contributed by atoms with E-state index in [1.54, 1.807) is 6.20 Å². The van der Waals surface area contributed by atoms with Crippen molar-refractivity contribution in [1.29, 1.82) is 0 Å². The van der Waals surface area contributed by atoms with Crippen LogP contribution in [0, 0.1) is 5.92 Å². The zero-order chi connectivity index (χ0) is 17.1. The maximum atomic E-state index is 11.1. The van der Waals surface area contributed by atoms with Crippen molar-refractivity contribution in [1.82, 2.24) is 5.16 Å². The highest BCUT2D eigenvalue weighted by Crippen LogP contribution is 2.31. The van der Waals surface area contributed by atoms with E-state index in [1.165, 1.54) is 6.07 Å². The third-order valence-electron chi connectivity index (χ3n) is 4.31. The van der Waals surface area contributed by atoms with Gasteiger partial charge in [0.2, 0.25) is 0 Å². The van der Waals surface area contributed by atoms with E-state index in [9.17, 15) is 4.79 Å². The summed E-state index contributed by atoms with van der Waals surface area (Å²) in [5.74, 6) is 2.63. The zero-order valence-electron chi connectivity index (χ0n) is 14.0. The van der Waals surface area contributed by atoms with Crippen LogP contribution >= 0.6 is 0 Å². The minimum Gasteiger partial charge on any atom is -1.00 e. The first-order chi connectivity index (χ1) is 12.3. The lowest BCUT2D eigenvalue weighted by Crippen LogP contribution is -3.00. The van der Waals surface area contributed by atoms with Gasteiger partial charge in [0.05, 0.1) is 24.3 Å². The monoisotopic (exact) mass is 374 g/mol. The van der Waals surface area contributed by atoms with Crippen LogP contribution in [-0.2, 0) is 0 Å². The molecular weight excluding hydrogens is 356 g/mol. The SMILES string of the molecule is O=c1cc(-c2ccc(OC3CC(COc4ccccc4)C3)[nH+]c2)o[nH]1.[Cl-]. The number of ether oxygens (including phenoxy) is 2. The standard InChI is InChI=1S/C19H18N2O4.ClH/c22-18-10-17(25-21-18)14-6-7-19(20-11-14)24-16-8-13(9-16)12-23-15-4-2-1-3-5-15;/h1-7,10-11,13,16H,8-9,12H2,(H,21,22);1H. The Morgan fingerprint density at radius 3 is 2.62 bits per heavy atom. The van der Waals surface area contributed by atoms with E-state index < -0.39 is 0 Å². The number of H-pyrrole nitrogens is 2. The minimum atomic E-state index is -0.256. The Bertz CT molecular complexity index is 870. The molecule has 1 saturated carbocycles. The van der Waals surface area contributed by atoms with Gasteiger partial charge in [0.25, 0.3) is 5.56 Å². The second-order valence-electron chi connectivity index (χ2n) is 6.22. The van der Waals surface area contributed by atoms with Crippen LogP contribution in [0.4, 0.5) is 0 Å². The highest BCUT2D eigenvalue weighted by Gasteiger charge is 2.32. The molecule has 26 heavy (non-hydrogen) atoms. The lowest BCUT2D eigenvalue weighted by molar-refractivity contribution is -0.397. The molecule has 1 aliphatic carbocycles. The van der Waals surface area contributed by atoms with E-state index >= 15 is 0 Å². The van der Waals surface area contributed by atoms with Gasteiger partial charge in [-0.25, -0.2) is 0 Å². The van der Waals surface area contributed by atoms with Crippen molar-refractivity contribution in [2.24, 2.45) is 5.92 Å². The van der Waals surface area contributed by atoms with Gasteiger partial charge in [-0.1, -0.05) is 18.2 Å². The lowest BCUT2D eigenvalue weighted by atomic mass is 9.83. The number of hydrogen-bond acceptors (Lipinski definition) is 4. The molecule has 1 aromatic carbocycles. The highest BCUT2D eigenvalue weighted by atomic mass is 35.5. The molecule has 0 bridgehead atoms. The number of nitrogens with one attached hydrogen (secondary N) is 2. The third kappa shape index (κ3) is 4.26. The fourth-order valence-electron chi connectivity index (χ4n) is 2.88. The van der Waals surface area contributed by atoms with E-state index in [-0.39, 0.29) is 24.1 Å². The first-order valence-corrected chi connectivity index (χ1v) is 8.31. The van der Waals surface area contributed by atoms with Crippen molar-refractivity contribution in [2.75, 3.05) is 6.61 Å². The molecule has 0 amide bonds. The Morgan fingerprint density at radius 1 is 1.15 bits per heavy atom. The van der Waals surface area contributed by atoms with Gasteiger partial charge in [-0.3, -0.25) is 4.79 Å². The van der Waals surface area contributed by atoms with Crippen LogP contribution in [0.25, 0.3) is 11.3 Å². The quantitative estimate of drug-likeness (QED) is 0.642. The van der Waals surface area contributed by atoms with Crippen LogP contribution < -0.4 is 32.4 Å². The third-order valence-corrected chi connectivity index (χ3v) is 4.31. The van der Waals surface area contributed by atoms with Crippen molar-refractivity contribution in [3.05, 3.63) is 65.1 Å². The zero-order valence-corrected chi connectivity index (χ0v) is 14.7. The smallest absolute Gasteiger partial charge is 0.366 e. The van der Waals surface area contributed by atoms with Crippen molar-refractivity contribution >= 4 is 0 Å². The van der Waals surface area contributed by atoms with Crippen LogP contribution in [0.5, 0.6) is 11.6 Å². The summed E-state index contributed by atoms with van der Waals surface area (Å²) < 4.78 is 16.8. The molecular formula is C19H19ClN2O4. The number of aromatic amines is 2. The highest BCUT2D eigenvalue weighted by molar-refractivity contribution is 5.54. The summed E-state index contributed by atoms with van der Waals surface area (Å²) in [6, 6.07) is 15.0. The summed E-state index contributed by atoms with van der Waals surface area (Å²) in [7, 11) is 0. The molecule has 0 unspecified atom stereocenters. The van der Waals surface area contributed by atoms with E-state index in [1.807, 2.05) is 42.5 Å². The molecule has 4 rings (SSSR count). The Morgan fingerprint density at radius 2 is 1.96 bits per heavy atom. The van der Waals surface area contributed by atoms with Crippen LogP contribution in [0.3, 0.4) is 0 Å². The molecule has 7 heteroatoms. The molecule has 0 spiro atoms. The predicted octanol–water partition coefficient (Wildman–Crippen LogP) is -0.311. The molecule has 0 atom stereocenters. The van der Waals surface area contributed by atoms with Crippen molar-refractivity contribution in [2.45, 2.75) is 18.9 Å². The maximum absolute atomic E-state index is 11.1. The average molecular weight is 375 g/mol. The normalized spacial score (nSPS) is 18.5. The molecule has 1 fully saturated rings. The number of para-hydroxylation sites is 1. The Kier molecular flexibility index (Phi) is 5.63. The molecule has 2 aromatic heterocycles. The minimum absolute atomic E-state index is 0. The molecule has 136 valence electrons. The summed E-state index contributed by atoms with van der Waals surface area (Å²) >= 11 is 0. The molecule has 2 heterocycles. The first-order valence-electron chi connectivity index (χ1n) is 8.31. The second kappa shape index (κ2) is 8.10.